The van der Waals surface area contributed by atoms with Gasteiger partial charge in [-0.2, -0.15) is 5.26 Å². The van der Waals surface area contributed by atoms with Gasteiger partial charge in [0, 0.05) is 5.56 Å². The van der Waals surface area contributed by atoms with Gasteiger partial charge in [-0.05, 0) is 13.1 Å². The molecule has 1 N–H and O–H groups in total. The molecule has 4 nitrogen and oxygen atoms in total. The van der Waals surface area contributed by atoms with Crippen molar-refractivity contribution < 1.29 is 9.84 Å². The molecule has 2 atom stereocenters. The number of rotatable bonds is 2. The summed E-state index contributed by atoms with van der Waals surface area (Å²) in [5.41, 5.74) is 0.795. The lowest BCUT2D eigenvalue weighted by atomic mass is 9.98. The summed E-state index contributed by atoms with van der Waals surface area (Å²) in [7, 11) is 1.81. The monoisotopic (exact) mass is 218 g/mol. The number of nitriles is 1. The van der Waals surface area contributed by atoms with E-state index in [1.165, 1.54) is 0 Å². The highest BCUT2D eigenvalue weighted by atomic mass is 16.5. The molecule has 0 saturated heterocycles. The van der Waals surface area contributed by atoms with Crippen LogP contribution in [0.25, 0.3) is 0 Å². The lowest BCUT2D eigenvalue weighted by Gasteiger charge is -2.35. The van der Waals surface area contributed by atoms with Gasteiger partial charge in [0.2, 0.25) is 0 Å². The molecule has 2 rings (SSSR count). The van der Waals surface area contributed by atoms with Gasteiger partial charge in [-0.3, -0.25) is 4.90 Å². The number of nitrogens with zero attached hydrogens (tertiary/aromatic N) is 2. The van der Waals surface area contributed by atoms with Gasteiger partial charge in [-0.15, -0.1) is 0 Å². The van der Waals surface area contributed by atoms with Crippen molar-refractivity contribution in [3.8, 4) is 11.8 Å². The number of hydrogen-bond acceptors (Lipinski definition) is 4. The van der Waals surface area contributed by atoms with Crippen LogP contribution in [-0.4, -0.2) is 36.2 Å². The summed E-state index contributed by atoms with van der Waals surface area (Å²) < 4.78 is 5.56. The van der Waals surface area contributed by atoms with Crippen molar-refractivity contribution in [3.63, 3.8) is 0 Å². The van der Waals surface area contributed by atoms with Gasteiger partial charge < -0.3 is 9.84 Å². The van der Waals surface area contributed by atoms with Gasteiger partial charge in [0.05, 0.1) is 18.7 Å². The summed E-state index contributed by atoms with van der Waals surface area (Å²) in [5, 5.41) is 18.8. The second kappa shape index (κ2) is 4.52. The number of likely N-dealkylation sites (N-methyl/N-ethyl adjacent to an activating group) is 1. The minimum Gasteiger partial charge on any atom is -0.491 e. The Kier molecular flexibility index (Phi) is 3.09. The number of hydrogen-bond donors (Lipinski definition) is 1. The minimum atomic E-state index is -0.594. The zero-order chi connectivity index (χ0) is 11.5. The van der Waals surface area contributed by atoms with Crippen LogP contribution in [0.1, 0.15) is 11.7 Å². The lowest BCUT2D eigenvalue weighted by Crippen LogP contribution is -2.44. The number of aliphatic hydroxyl groups excluding tert-OH is 1. The van der Waals surface area contributed by atoms with Gasteiger partial charge in [-0.1, -0.05) is 18.2 Å². The Morgan fingerprint density at radius 2 is 2.31 bits per heavy atom. The Morgan fingerprint density at radius 3 is 3.06 bits per heavy atom. The Labute approximate surface area is 94.7 Å². The maximum absolute atomic E-state index is 10.2. The molecule has 1 unspecified atom stereocenters. The number of benzene rings is 1. The number of aliphatic hydroxyl groups is 1. The van der Waals surface area contributed by atoms with Gasteiger partial charge in [0.15, 0.2) is 0 Å². The number of para-hydroxylation sites is 1. The highest BCUT2D eigenvalue weighted by Crippen LogP contribution is 2.33. The Balaban J connectivity index is 2.21. The molecule has 0 aromatic heterocycles. The van der Waals surface area contributed by atoms with Crippen molar-refractivity contribution in [1.29, 1.82) is 5.26 Å². The van der Waals surface area contributed by atoms with E-state index in [1.807, 2.05) is 31.3 Å². The Morgan fingerprint density at radius 1 is 1.56 bits per heavy atom. The summed E-state index contributed by atoms with van der Waals surface area (Å²) in [6.45, 7) is 0.698. The van der Waals surface area contributed by atoms with Crippen molar-refractivity contribution in [1.82, 2.24) is 4.90 Å². The maximum atomic E-state index is 10.2. The number of fused-ring (bicyclic) bond motifs is 1. The molecular weight excluding hydrogens is 204 g/mol. The molecule has 1 aromatic carbocycles. The normalized spacial score (nSPS) is 23.4. The third kappa shape index (κ3) is 1.87. The predicted octanol–water partition coefficient (Wildman–Crippen LogP) is 0.936. The van der Waals surface area contributed by atoms with Crippen molar-refractivity contribution in [3.05, 3.63) is 29.8 Å². The van der Waals surface area contributed by atoms with E-state index in [-0.39, 0.29) is 12.6 Å². The maximum Gasteiger partial charge on any atom is 0.125 e. The van der Waals surface area contributed by atoms with E-state index in [4.69, 9.17) is 10.00 Å². The molecule has 1 aliphatic heterocycles. The predicted molar refractivity (Wildman–Crippen MR) is 58.9 cm³/mol. The zero-order valence-corrected chi connectivity index (χ0v) is 9.13. The lowest BCUT2D eigenvalue weighted by molar-refractivity contribution is 0.0205. The molecule has 16 heavy (non-hydrogen) atoms. The first kappa shape index (κ1) is 10.9. The van der Waals surface area contributed by atoms with E-state index in [0.29, 0.717) is 6.61 Å². The van der Waals surface area contributed by atoms with Crippen LogP contribution >= 0.6 is 0 Å². The average Bonchev–Trinajstić information content (AvgIpc) is 2.30. The van der Waals surface area contributed by atoms with Gasteiger partial charge in [0.1, 0.15) is 18.5 Å². The Bertz CT molecular complexity index is 414. The third-order valence-corrected chi connectivity index (χ3v) is 2.90. The molecular formula is C12H14N2O2. The molecule has 1 heterocycles. The molecule has 0 radical (unpaired) electrons. The largest absolute Gasteiger partial charge is 0.491 e. The first-order chi connectivity index (χ1) is 7.74. The van der Waals surface area contributed by atoms with Crippen LogP contribution < -0.4 is 4.74 Å². The first-order valence-electron chi connectivity index (χ1n) is 5.21. The summed E-state index contributed by atoms with van der Waals surface area (Å²) in [5.74, 6) is 0.733. The summed E-state index contributed by atoms with van der Waals surface area (Å²) in [4.78, 5) is 1.81. The van der Waals surface area contributed by atoms with E-state index >= 15 is 0 Å². The van der Waals surface area contributed by atoms with Crippen LogP contribution in [0.15, 0.2) is 24.3 Å². The molecule has 0 aliphatic carbocycles. The fourth-order valence-corrected chi connectivity index (χ4v) is 1.93. The fourth-order valence-electron chi connectivity index (χ4n) is 1.93. The molecule has 4 heteroatoms. The van der Waals surface area contributed by atoms with Gasteiger partial charge >= 0.3 is 0 Å². The highest BCUT2D eigenvalue weighted by Gasteiger charge is 2.31. The van der Waals surface area contributed by atoms with Crippen LogP contribution in [0.5, 0.6) is 5.75 Å². The van der Waals surface area contributed by atoms with Crippen LogP contribution in [0.4, 0.5) is 0 Å². The third-order valence-electron chi connectivity index (χ3n) is 2.90. The van der Waals surface area contributed by atoms with Crippen LogP contribution in [0, 0.1) is 11.3 Å². The van der Waals surface area contributed by atoms with E-state index in [0.717, 1.165) is 11.3 Å². The molecule has 0 spiro atoms. The van der Waals surface area contributed by atoms with Gasteiger partial charge in [0.25, 0.3) is 0 Å². The molecule has 0 bridgehead atoms. The second-order valence-corrected chi connectivity index (χ2v) is 3.93. The molecule has 0 saturated carbocycles. The van der Waals surface area contributed by atoms with Crippen molar-refractivity contribution in [2.24, 2.45) is 0 Å². The van der Waals surface area contributed by atoms with Crippen LogP contribution in [0.3, 0.4) is 0 Å². The van der Waals surface area contributed by atoms with Crippen LogP contribution in [0.2, 0.25) is 0 Å². The SMILES string of the molecule is CN(CC#N)C1COc2ccccc2[C@@H]1O. The molecule has 1 aliphatic rings. The molecule has 0 amide bonds. The van der Waals surface area contributed by atoms with Crippen molar-refractivity contribution in [2.45, 2.75) is 12.1 Å². The van der Waals surface area contributed by atoms with Crippen molar-refractivity contribution in [2.75, 3.05) is 20.2 Å². The first-order valence-corrected chi connectivity index (χ1v) is 5.21. The van der Waals surface area contributed by atoms with E-state index in [1.54, 1.807) is 4.90 Å². The van der Waals surface area contributed by atoms with E-state index in [2.05, 4.69) is 6.07 Å². The molecule has 84 valence electrons. The molecule has 0 fully saturated rings. The summed E-state index contributed by atoms with van der Waals surface area (Å²) >= 11 is 0. The topological polar surface area (TPSA) is 56.5 Å². The zero-order valence-electron chi connectivity index (χ0n) is 9.13. The highest BCUT2D eigenvalue weighted by molar-refractivity contribution is 5.37. The number of ether oxygens (including phenoxy) is 1. The summed E-state index contributed by atoms with van der Waals surface area (Å²) in [6, 6.07) is 9.36. The average molecular weight is 218 g/mol. The van der Waals surface area contributed by atoms with Crippen LogP contribution in [-0.2, 0) is 0 Å². The van der Waals surface area contributed by atoms with E-state index < -0.39 is 6.10 Å². The summed E-state index contributed by atoms with van der Waals surface area (Å²) in [6.07, 6.45) is -0.594. The minimum absolute atomic E-state index is 0.158. The van der Waals surface area contributed by atoms with Crippen molar-refractivity contribution >= 4 is 0 Å². The second-order valence-electron chi connectivity index (χ2n) is 3.93. The molecule has 1 aromatic rings. The smallest absolute Gasteiger partial charge is 0.125 e. The fraction of sp³-hybridized carbons (Fsp3) is 0.417. The standard InChI is InChI=1S/C12H14N2O2/c1-14(7-6-13)10-8-16-11-5-3-2-4-9(11)12(10)15/h2-5,10,12,15H,7-8H2,1H3/t10?,12-/m0/s1. The van der Waals surface area contributed by atoms with Gasteiger partial charge in [-0.25, -0.2) is 0 Å². The quantitative estimate of drug-likeness (QED) is 0.750. The van der Waals surface area contributed by atoms with E-state index in [9.17, 15) is 5.11 Å². The Hall–Kier alpha value is -1.57.